The highest BCUT2D eigenvalue weighted by Gasteiger charge is 2.14. The molecule has 1 amide bonds. The van der Waals surface area contributed by atoms with Crippen LogP contribution in [-0.4, -0.2) is 21.6 Å². The zero-order chi connectivity index (χ0) is 17.1. The van der Waals surface area contributed by atoms with Crippen molar-refractivity contribution in [3.63, 3.8) is 0 Å². The van der Waals surface area contributed by atoms with Crippen LogP contribution in [0.25, 0.3) is 10.2 Å². The van der Waals surface area contributed by atoms with Crippen molar-refractivity contribution in [2.45, 2.75) is 31.8 Å². The molecule has 0 unspecified atom stereocenters. The quantitative estimate of drug-likeness (QED) is 0.547. The zero-order valence-electron chi connectivity index (χ0n) is 13.9. The first-order chi connectivity index (χ1) is 11.6. The van der Waals surface area contributed by atoms with E-state index in [1.54, 1.807) is 17.7 Å². The summed E-state index contributed by atoms with van der Waals surface area (Å²) in [6, 6.07) is 9.96. The number of aromatic nitrogens is 2. The number of thiophene rings is 1. The second-order valence-corrected chi connectivity index (χ2v) is 7.80. The summed E-state index contributed by atoms with van der Waals surface area (Å²) in [6.07, 6.45) is 1.57. The highest BCUT2D eigenvalue weighted by Crippen LogP contribution is 2.34. The fourth-order valence-corrected chi connectivity index (χ4v) is 4.43. The molecule has 6 heteroatoms. The van der Waals surface area contributed by atoms with Crippen LogP contribution in [0.15, 0.2) is 41.7 Å². The molecule has 1 aromatic carbocycles. The number of nitrogens with zero attached hydrogens (tertiary/aromatic N) is 2. The number of carbonyl (C=O) groups is 1. The SMILES string of the molecule is Cc1sc2ncnc(SCC(=O)N[C@@H](C)c3ccccc3)c2c1C. The van der Waals surface area contributed by atoms with E-state index in [2.05, 4.69) is 29.1 Å². The summed E-state index contributed by atoms with van der Waals surface area (Å²) >= 11 is 3.14. The van der Waals surface area contributed by atoms with Gasteiger partial charge in [0.05, 0.1) is 11.8 Å². The Morgan fingerprint density at radius 1 is 1.25 bits per heavy atom. The summed E-state index contributed by atoms with van der Waals surface area (Å²) in [5.74, 6) is 0.352. The number of nitrogens with one attached hydrogen (secondary N) is 1. The van der Waals surface area contributed by atoms with Crippen molar-refractivity contribution in [3.05, 3.63) is 52.7 Å². The molecule has 3 rings (SSSR count). The average molecular weight is 358 g/mol. The predicted octanol–water partition coefficient (Wildman–Crippen LogP) is 4.28. The molecule has 0 saturated heterocycles. The molecule has 0 radical (unpaired) electrons. The van der Waals surface area contributed by atoms with Crippen molar-refractivity contribution < 1.29 is 4.79 Å². The molecular formula is C18H19N3OS2. The minimum absolute atomic E-state index is 0.00477. The first-order valence-electron chi connectivity index (χ1n) is 7.74. The molecule has 24 heavy (non-hydrogen) atoms. The lowest BCUT2D eigenvalue weighted by Gasteiger charge is -2.14. The lowest BCUT2D eigenvalue weighted by molar-refractivity contribution is -0.119. The van der Waals surface area contributed by atoms with Crippen molar-refractivity contribution >= 4 is 39.2 Å². The second-order valence-electron chi connectivity index (χ2n) is 5.63. The highest BCUT2D eigenvalue weighted by atomic mass is 32.2. The average Bonchev–Trinajstić information content (AvgIpc) is 2.89. The maximum absolute atomic E-state index is 12.3. The maximum atomic E-state index is 12.3. The molecule has 1 N–H and O–H groups in total. The van der Waals surface area contributed by atoms with Crippen LogP contribution in [0.2, 0.25) is 0 Å². The van der Waals surface area contributed by atoms with Gasteiger partial charge in [0.15, 0.2) is 0 Å². The Morgan fingerprint density at radius 2 is 2.00 bits per heavy atom. The van der Waals surface area contributed by atoms with Gasteiger partial charge < -0.3 is 5.32 Å². The molecule has 1 atom stereocenters. The van der Waals surface area contributed by atoms with E-state index in [0.29, 0.717) is 5.75 Å². The van der Waals surface area contributed by atoms with Gasteiger partial charge in [-0.25, -0.2) is 9.97 Å². The van der Waals surface area contributed by atoms with Crippen LogP contribution >= 0.6 is 23.1 Å². The van der Waals surface area contributed by atoms with Crippen LogP contribution in [0.5, 0.6) is 0 Å². The molecule has 0 spiro atoms. The van der Waals surface area contributed by atoms with Gasteiger partial charge in [-0.2, -0.15) is 0 Å². The van der Waals surface area contributed by atoms with Gasteiger partial charge >= 0.3 is 0 Å². The fourth-order valence-electron chi connectivity index (χ4n) is 2.50. The van der Waals surface area contributed by atoms with Crippen LogP contribution in [0.4, 0.5) is 0 Å². The van der Waals surface area contributed by atoms with Crippen LogP contribution in [-0.2, 0) is 4.79 Å². The molecule has 124 valence electrons. The molecule has 0 fully saturated rings. The van der Waals surface area contributed by atoms with Crippen molar-refractivity contribution in [2.75, 3.05) is 5.75 Å². The molecule has 0 bridgehead atoms. The number of rotatable bonds is 5. The number of hydrogen-bond acceptors (Lipinski definition) is 5. The van der Waals surface area contributed by atoms with E-state index in [1.807, 2.05) is 37.3 Å². The molecule has 0 aliphatic rings. The van der Waals surface area contributed by atoms with E-state index in [0.717, 1.165) is 20.8 Å². The maximum Gasteiger partial charge on any atom is 0.230 e. The highest BCUT2D eigenvalue weighted by molar-refractivity contribution is 8.00. The largest absolute Gasteiger partial charge is 0.349 e. The smallest absolute Gasteiger partial charge is 0.230 e. The fraction of sp³-hybridized carbons (Fsp3) is 0.278. The minimum atomic E-state index is -0.00477. The van der Waals surface area contributed by atoms with Crippen LogP contribution in [0, 0.1) is 13.8 Å². The third-order valence-corrected chi connectivity index (χ3v) is 6.05. The summed E-state index contributed by atoms with van der Waals surface area (Å²) in [5.41, 5.74) is 2.31. The van der Waals surface area contributed by atoms with Crippen LogP contribution in [0.1, 0.15) is 29.0 Å². The Labute approximate surface area is 149 Å². The lowest BCUT2D eigenvalue weighted by Crippen LogP contribution is -2.28. The van der Waals surface area contributed by atoms with Gasteiger partial charge in [-0.1, -0.05) is 42.1 Å². The van der Waals surface area contributed by atoms with Gasteiger partial charge in [-0.3, -0.25) is 4.79 Å². The molecule has 0 saturated carbocycles. The first-order valence-corrected chi connectivity index (χ1v) is 9.54. The summed E-state index contributed by atoms with van der Waals surface area (Å²) in [6.45, 7) is 6.16. The molecule has 0 aliphatic carbocycles. The number of fused-ring (bicyclic) bond motifs is 1. The molecule has 0 aliphatic heterocycles. The number of hydrogen-bond donors (Lipinski definition) is 1. The first kappa shape index (κ1) is 16.9. The number of amides is 1. The van der Waals surface area contributed by atoms with E-state index in [1.165, 1.54) is 22.2 Å². The standard InChI is InChI=1S/C18H19N3OS2/c1-11-13(3)24-18-16(11)17(19-10-20-18)23-9-15(22)21-12(2)14-7-5-4-6-8-14/h4-8,10,12H,9H2,1-3H3,(H,21,22)/t12-/m0/s1. The number of aryl methyl sites for hydroxylation is 2. The summed E-state index contributed by atoms with van der Waals surface area (Å²) in [5, 5.41) is 4.99. The normalized spacial score (nSPS) is 12.3. The van der Waals surface area contributed by atoms with E-state index < -0.39 is 0 Å². The van der Waals surface area contributed by atoms with Crippen molar-refractivity contribution in [1.29, 1.82) is 0 Å². The van der Waals surface area contributed by atoms with E-state index in [4.69, 9.17) is 0 Å². The minimum Gasteiger partial charge on any atom is -0.349 e. The molecule has 3 aromatic rings. The Hall–Kier alpha value is -1.92. The molecular weight excluding hydrogens is 338 g/mol. The van der Waals surface area contributed by atoms with Gasteiger partial charge in [0.2, 0.25) is 5.91 Å². The zero-order valence-corrected chi connectivity index (χ0v) is 15.5. The molecule has 2 aromatic heterocycles. The van der Waals surface area contributed by atoms with Gasteiger partial charge in [-0.05, 0) is 31.9 Å². The molecule has 4 nitrogen and oxygen atoms in total. The van der Waals surface area contributed by atoms with E-state index >= 15 is 0 Å². The van der Waals surface area contributed by atoms with Crippen molar-refractivity contribution in [2.24, 2.45) is 0 Å². The summed E-state index contributed by atoms with van der Waals surface area (Å²) < 4.78 is 0. The second kappa shape index (κ2) is 7.32. The van der Waals surface area contributed by atoms with Gasteiger partial charge in [0.25, 0.3) is 0 Å². The van der Waals surface area contributed by atoms with E-state index in [9.17, 15) is 4.79 Å². The van der Waals surface area contributed by atoms with Gasteiger partial charge in [0.1, 0.15) is 16.2 Å². The van der Waals surface area contributed by atoms with E-state index in [-0.39, 0.29) is 11.9 Å². The topological polar surface area (TPSA) is 54.9 Å². The lowest BCUT2D eigenvalue weighted by atomic mass is 10.1. The Kier molecular flexibility index (Phi) is 5.16. The van der Waals surface area contributed by atoms with Crippen LogP contribution < -0.4 is 5.32 Å². The third kappa shape index (κ3) is 3.60. The van der Waals surface area contributed by atoms with Crippen molar-refractivity contribution in [1.82, 2.24) is 15.3 Å². The monoisotopic (exact) mass is 357 g/mol. The number of thioether (sulfide) groups is 1. The molecule has 2 heterocycles. The predicted molar refractivity (Wildman–Crippen MR) is 101 cm³/mol. The Bertz CT molecular complexity index is 861. The Balaban J connectivity index is 1.67. The summed E-state index contributed by atoms with van der Waals surface area (Å²) in [7, 11) is 0. The number of carbonyl (C=O) groups excluding carboxylic acids is 1. The van der Waals surface area contributed by atoms with Crippen molar-refractivity contribution in [3.8, 4) is 0 Å². The summed E-state index contributed by atoms with van der Waals surface area (Å²) in [4.78, 5) is 23.2. The third-order valence-electron chi connectivity index (χ3n) is 3.95. The van der Waals surface area contributed by atoms with Crippen LogP contribution in [0.3, 0.4) is 0 Å². The Morgan fingerprint density at radius 3 is 2.75 bits per heavy atom. The van der Waals surface area contributed by atoms with Gasteiger partial charge in [0, 0.05) is 10.3 Å². The number of benzene rings is 1. The van der Waals surface area contributed by atoms with Gasteiger partial charge in [-0.15, -0.1) is 11.3 Å².